The standard InChI is InChI=1S/C22H23ClN8O2/c1-13-5-6-17(30(13)20-14(11-24)19(25)26-12-27-20)21-28-16-4-2-3-15(23)18(16)22(32)31(21)29-7-9-33-10-8-29/h2-4,12-13,17H,5-10H2,1H3,(H2,25,26,27)/t13-,17-/m0/s1. The van der Waals surface area contributed by atoms with Crippen molar-refractivity contribution in [3.05, 3.63) is 51.3 Å². The smallest absolute Gasteiger partial charge is 0.281 e. The molecule has 10 nitrogen and oxygen atoms in total. The summed E-state index contributed by atoms with van der Waals surface area (Å²) in [5, 5.41) is 12.4. The predicted molar refractivity (Wildman–Crippen MR) is 125 cm³/mol. The fraction of sp³-hybridized carbons (Fsp3) is 0.409. The molecule has 0 amide bonds. The van der Waals surface area contributed by atoms with Gasteiger partial charge in [0, 0.05) is 6.04 Å². The summed E-state index contributed by atoms with van der Waals surface area (Å²) in [6.45, 7) is 4.19. The number of morpholine rings is 1. The van der Waals surface area contributed by atoms with Gasteiger partial charge in [-0.05, 0) is 31.9 Å². The zero-order valence-corrected chi connectivity index (χ0v) is 18.9. The minimum absolute atomic E-state index is 0.0569. The maximum absolute atomic E-state index is 13.8. The van der Waals surface area contributed by atoms with E-state index in [1.54, 1.807) is 22.9 Å². The Morgan fingerprint density at radius 1 is 1.24 bits per heavy atom. The molecule has 0 aliphatic carbocycles. The minimum Gasteiger partial charge on any atom is -0.382 e. The number of fused-ring (bicyclic) bond motifs is 1. The van der Waals surface area contributed by atoms with E-state index in [4.69, 9.17) is 27.1 Å². The van der Waals surface area contributed by atoms with Crippen LogP contribution < -0.4 is 21.2 Å². The summed E-state index contributed by atoms with van der Waals surface area (Å²) in [5.74, 6) is 1.17. The van der Waals surface area contributed by atoms with Gasteiger partial charge < -0.3 is 20.4 Å². The number of nitriles is 1. The van der Waals surface area contributed by atoms with Crippen molar-refractivity contribution in [3.63, 3.8) is 0 Å². The van der Waals surface area contributed by atoms with Crippen molar-refractivity contribution < 1.29 is 4.74 Å². The predicted octanol–water partition coefficient (Wildman–Crippen LogP) is 1.99. The molecule has 2 fully saturated rings. The lowest BCUT2D eigenvalue weighted by atomic mass is 10.1. The van der Waals surface area contributed by atoms with Crippen molar-refractivity contribution in [1.82, 2.24) is 19.6 Å². The summed E-state index contributed by atoms with van der Waals surface area (Å²) >= 11 is 6.42. The van der Waals surface area contributed by atoms with Gasteiger partial charge in [-0.15, -0.1) is 0 Å². The fourth-order valence-electron chi connectivity index (χ4n) is 4.73. The quantitative estimate of drug-likeness (QED) is 0.616. The van der Waals surface area contributed by atoms with Gasteiger partial charge in [0.2, 0.25) is 0 Å². The van der Waals surface area contributed by atoms with E-state index in [0.717, 1.165) is 12.8 Å². The van der Waals surface area contributed by atoms with Gasteiger partial charge in [-0.25, -0.2) is 19.6 Å². The SMILES string of the molecule is C[C@H]1CC[C@@H](c2nc3cccc(Cl)c3c(=O)n2N2CCOCC2)N1c1ncnc(N)c1C#N. The van der Waals surface area contributed by atoms with E-state index in [1.165, 1.54) is 6.33 Å². The Hall–Kier alpha value is -3.42. The molecule has 170 valence electrons. The first kappa shape index (κ1) is 21.4. The first-order valence-electron chi connectivity index (χ1n) is 10.8. The molecule has 2 N–H and O–H groups in total. The molecule has 0 radical (unpaired) electrons. The van der Waals surface area contributed by atoms with Crippen LogP contribution in [-0.2, 0) is 4.74 Å². The van der Waals surface area contributed by atoms with E-state index in [9.17, 15) is 10.1 Å². The third-order valence-electron chi connectivity index (χ3n) is 6.30. The molecular weight excluding hydrogens is 444 g/mol. The van der Waals surface area contributed by atoms with Gasteiger partial charge in [-0.3, -0.25) is 4.79 Å². The van der Waals surface area contributed by atoms with Crippen LogP contribution in [0.4, 0.5) is 11.6 Å². The lowest BCUT2D eigenvalue weighted by Crippen LogP contribution is -2.51. The van der Waals surface area contributed by atoms with Gasteiger partial charge in [0.15, 0.2) is 11.6 Å². The second-order valence-corrected chi connectivity index (χ2v) is 8.61. The summed E-state index contributed by atoms with van der Waals surface area (Å²) in [6, 6.07) is 7.18. The molecule has 0 unspecified atom stereocenters. The highest BCUT2D eigenvalue weighted by Crippen LogP contribution is 2.40. The van der Waals surface area contributed by atoms with Crippen LogP contribution in [0.25, 0.3) is 10.9 Å². The first-order valence-corrected chi connectivity index (χ1v) is 11.2. The van der Waals surface area contributed by atoms with Crippen molar-refractivity contribution in [2.24, 2.45) is 0 Å². The van der Waals surface area contributed by atoms with Crippen molar-refractivity contribution in [2.45, 2.75) is 31.8 Å². The van der Waals surface area contributed by atoms with Crippen LogP contribution in [-0.4, -0.2) is 52.0 Å². The van der Waals surface area contributed by atoms with Gasteiger partial charge in [0.25, 0.3) is 5.56 Å². The molecule has 0 bridgehead atoms. The number of benzene rings is 1. The van der Waals surface area contributed by atoms with E-state index < -0.39 is 0 Å². The Bertz CT molecular complexity index is 1310. The van der Waals surface area contributed by atoms with E-state index in [-0.39, 0.29) is 29.0 Å². The van der Waals surface area contributed by atoms with Crippen molar-refractivity contribution >= 4 is 34.1 Å². The number of aromatic nitrogens is 4. The number of nitrogens with two attached hydrogens (primary N) is 1. The van der Waals surface area contributed by atoms with E-state index >= 15 is 0 Å². The normalized spacial score (nSPS) is 20.9. The maximum Gasteiger partial charge on any atom is 0.281 e. The van der Waals surface area contributed by atoms with Gasteiger partial charge in [0.05, 0.1) is 48.3 Å². The molecule has 2 aliphatic heterocycles. The maximum atomic E-state index is 13.8. The monoisotopic (exact) mass is 466 g/mol. The Morgan fingerprint density at radius 2 is 2.03 bits per heavy atom. The van der Waals surface area contributed by atoms with Crippen LogP contribution in [0, 0.1) is 11.3 Å². The van der Waals surface area contributed by atoms with Gasteiger partial charge in [-0.1, -0.05) is 17.7 Å². The molecule has 11 heteroatoms. The van der Waals surface area contributed by atoms with Crippen molar-refractivity contribution in [1.29, 1.82) is 5.26 Å². The van der Waals surface area contributed by atoms with Crippen molar-refractivity contribution in [2.75, 3.05) is 41.9 Å². The Kier molecular flexibility index (Phi) is 5.52. The number of nitrogens with zero attached hydrogens (tertiary/aromatic N) is 7. The Labute approximate surface area is 195 Å². The molecule has 2 aliphatic rings. The van der Waals surface area contributed by atoms with Crippen LogP contribution in [0.3, 0.4) is 0 Å². The molecule has 0 spiro atoms. The number of hydrogen-bond acceptors (Lipinski definition) is 9. The zero-order valence-electron chi connectivity index (χ0n) is 18.1. The van der Waals surface area contributed by atoms with Crippen LogP contribution >= 0.6 is 11.6 Å². The topological polar surface area (TPSA) is 126 Å². The van der Waals surface area contributed by atoms with Crippen LogP contribution in [0.5, 0.6) is 0 Å². The fourth-order valence-corrected chi connectivity index (χ4v) is 4.98. The van der Waals surface area contributed by atoms with E-state index in [0.29, 0.717) is 53.9 Å². The van der Waals surface area contributed by atoms with Crippen molar-refractivity contribution in [3.8, 4) is 6.07 Å². The first-order chi connectivity index (χ1) is 16.0. The second-order valence-electron chi connectivity index (χ2n) is 8.21. The number of rotatable bonds is 3. The average Bonchev–Trinajstić information content (AvgIpc) is 3.20. The average molecular weight is 467 g/mol. The van der Waals surface area contributed by atoms with Crippen LogP contribution in [0.2, 0.25) is 5.02 Å². The molecule has 2 atom stereocenters. The molecule has 1 aromatic carbocycles. The molecule has 2 aromatic heterocycles. The molecule has 5 rings (SSSR count). The zero-order chi connectivity index (χ0) is 23.1. The highest BCUT2D eigenvalue weighted by Gasteiger charge is 2.38. The van der Waals surface area contributed by atoms with Gasteiger partial charge in [0.1, 0.15) is 23.8 Å². The summed E-state index contributed by atoms with van der Waals surface area (Å²) in [4.78, 5) is 29.1. The molecule has 4 heterocycles. The lowest BCUT2D eigenvalue weighted by molar-refractivity contribution is 0.110. The molecule has 3 aromatic rings. The molecule has 0 saturated carbocycles. The summed E-state index contributed by atoms with van der Waals surface area (Å²) in [7, 11) is 0. The number of halogens is 1. The Balaban J connectivity index is 1.74. The third-order valence-corrected chi connectivity index (χ3v) is 6.61. The third kappa shape index (κ3) is 3.53. The summed E-state index contributed by atoms with van der Waals surface area (Å²) in [6.07, 6.45) is 2.93. The highest BCUT2D eigenvalue weighted by atomic mass is 35.5. The van der Waals surface area contributed by atoms with Crippen LogP contribution in [0.1, 0.15) is 37.2 Å². The van der Waals surface area contributed by atoms with Crippen LogP contribution in [0.15, 0.2) is 29.3 Å². The summed E-state index contributed by atoms with van der Waals surface area (Å²) < 4.78 is 7.15. The number of nitrogen functional groups attached to an aromatic ring is 1. The number of ether oxygens (including phenoxy) is 1. The van der Waals surface area contributed by atoms with Gasteiger partial charge in [-0.2, -0.15) is 5.26 Å². The second kappa shape index (κ2) is 8.50. The molecule has 2 saturated heterocycles. The van der Waals surface area contributed by atoms with E-state index in [1.807, 2.05) is 9.91 Å². The lowest BCUT2D eigenvalue weighted by Gasteiger charge is -2.36. The molecule has 33 heavy (non-hydrogen) atoms. The Morgan fingerprint density at radius 3 is 2.79 bits per heavy atom. The minimum atomic E-state index is -0.291. The summed E-state index contributed by atoms with van der Waals surface area (Å²) in [5.41, 5.74) is 6.52. The number of hydrogen-bond donors (Lipinski definition) is 1. The molecular formula is C22H23ClN8O2. The van der Waals surface area contributed by atoms with Gasteiger partial charge >= 0.3 is 0 Å². The van der Waals surface area contributed by atoms with E-state index in [2.05, 4.69) is 23.0 Å². The highest BCUT2D eigenvalue weighted by molar-refractivity contribution is 6.35. The number of anilines is 2. The largest absolute Gasteiger partial charge is 0.382 e.